The summed E-state index contributed by atoms with van der Waals surface area (Å²) in [4.78, 5) is 16.1. The largest absolute Gasteiger partial charge is 0.496 e. The van der Waals surface area contributed by atoms with Crippen LogP contribution in [-0.4, -0.2) is 23.2 Å². The zero-order chi connectivity index (χ0) is 13.7. The highest BCUT2D eigenvalue weighted by Crippen LogP contribution is 2.26. The highest BCUT2D eigenvalue weighted by Gasteiger charge is 2.11. The third kappa shape index (κ3) is 3.48. The molecule has 0 amide bonds. The van der Waals surface area contributed by atoms with E-state index >= 15 is 0 Å². The first-order chi connectivity index (χ1) is 9.20. The van der Waals surface area contributed by atoms with Crippen LogP contribution in [0.4, 0.5) is 0 Å². The van der Waals surface area contributed by atoms with E-state index in [4.69, 9.17) is 9.84 Å². The molecule has 98 valence electrons. The summed E-state index contributed by atoms with van der Waals surface area (Å²) in [5.41, 5.74) is 1.20. The van der Waals surface area contributed by atoms with Crippen molar-refractivity contribution in [3.63, 3.8) is 0 Å². The number of hydrogen-bond acceptors (Lipinski definition) is 4. The van der Waals surface area contributed by atoms with E-state index in [-0.39, 0.29) is 5.56 Å². The van der Waals surface area contributed by atoms with Gasteiger partial charge in [-0.05, 0) is 29.8 Å². The summed E-state index contributed by atoms with van der Waals surface area (Å²) in [6.07, 6.45) is 3.49. The van der Waals surface area contributed by atoms with Crippen molar-refractivity contribution < 1.29 is 14.6 Å². The molecule has 19 heavy (non-hydrogen) atoms. The van der Waals surface area contributed by atoms with Crippen LogP contribution in [-0.2, 0) is 5.75 Å². The maximum atomic E-state index is 11.0. The topological polar surface area (TPSA) is 59.4 Å². The van der Waals surface area contributed by atoms with E-state index in [1.54, 1.807) is 42.4 Å². The Bertz CT molecular complexity index is 572. The SMILES string of the molecule is COc1cc(CSc2ccncc2)ccc1C(=O)O. The highest BCUT2D eigenvalue weighted by molar-refractivity contribution is 7.98. The first kappa shape index (κ1) is 13.4. The number of ether oxygens (including phenoxy) is 1. The van der Waals surface area contributed by atoms with Gasteiger partial charge in [0.15, 0.2) is 0 Å². The number of pyridine rings is 1. The van der Waals surface area contributed by atoms with Crippen molar-refractivity contribution >= 4 is 17.7 Å². The fourth-order valence-corrected chi connectivity index (χ4v) is 2.43. The van der Waals surface area contributed by atoms with E-state index in [1.807, 2.05) is 12.1 Å². The molecule has 1 N–H and O–H groups in total. The van der Waals surface area contributed by atoms with Gasteiger partial charge in [0.1, 0.15) is 11.3 Å². The summed E-state index contributed by atoms with van der Waals surface area (Å²) in [6, 6.07) is 9.02. The molecule has 4 nitrogen and oxygen atoms in total. The van der Waals surface area contributed by atoms with Crippen molar-refractivity contribution in [2.24, 2.45) is 0 Å². The number of benzene rings is 1. The number of hydrogen-bond donors (Lipinski definition) is 1. The van der Waals surface area contributed by atoms with Crippen LogP contribution < -0.4 is 4.74 Å². The van der Waals surface area contributed by atoms with Crippen molar-refractivity contribution in [1.29, 1.82) is 0 Å². The average Bonchev–Trinajstić information content (AvgIpc) is 2.45. The Balaban J connectivity index is 2.11. The van der Waals surface area contributed by atoms with Crippen LogP contribution >= 0.6 is 11.8 Å². The van der Waals surface area contributed by atoms with Gasteiger partial charge in [-0.15, -0.1) is 11.8 Å². The van der Waals surface area contributed by atoms with Crippen LogP contribution in [0.2, 0.25) is 0 Å². The van der Waals surface area contributed by atoms with Gasteiger partial charge in [0.2, 0.25) is 0 Å². The number of thioether (sulfide) groups is 1. The fourth-order valence-electron chi connectivity index (χ4n) is 1.60. The molecule has 0 atom stereocenters. The molecule has 1 heterocycles. The molecule has 0 bridgehead atoms. The lowest BCUT2D eigenvalue weighted by Crippen LogP contribution is -2.00. The van der Waals surface area contributed by atoms with Crippen LogP contribution in [0.5, 0.6) is 5.75 Å². The van der Waals surface area contributed by atoms with Gasteiger partial charge >= 0.3 is 5.97 Å². The lowest BCUT2D eigenvalue weighted by Gasteiger charge is -2.07. The molecular weight excluding hydrogens is 262 g/mol. The van der Waals surface area contributed by atoms with Crippen molar-refractivity contribution in [3.05, 3.63) is 53.9 Å². The van der Waals surface area contributed by atoms with Gasteiger partial charge in [-0.2, -0.15) is 0 Å². The minimum absolute atomic E-state index is 0.181. The summed E-state index contributed by atoms with van der Waals surface area (Å²) < 4.78 is 5.10. The molecule has 0 unspecified atom stereocenters. The van der Waals surface area contributed by atoms with E-state index in [2.05, 4.69) is 4.98 Å². The number of aromatic nitrogens is 1. The second kappa shape index (κ2) is 6.24. The Morgan fingerprint density at radius 2 is 2.05 bits per heavy atom. The van der Waals surface area contributed by atoms with Gasteiger partial charge < -0.3 is 9.84 Å². The number of carbonyl (C=O) groups is 1. The monoisotopic (exact) mass is 275 g/mol. The summed E-state index contributed by atoms with van der Waals surface area (Å²) in [5.74, 6) is 0.158. The summed E-state index contributed by atoms with van der Waals surface area (Å²) >= 11 is 1.66. The molecule has 2 aromatic rings. The second-order valence-corrected chi connectivity index (χ2v) is 4.86. The zero-order valence-corrected chi connectivity index (χ0v) is 11.2. The molecule has 1 aromatic heterocycles. The Labute approximate surface area is 115 Å². The first-order valence-corrected chi connectivity index (χ1v) is 6.62. The van der Waals surface area contributed by atoms with E-state index in [9.17, 15) is 4.79 Å². The molecule has 0 aliphatic carbocycles. The molecule has 2 rings (SSSR count). The van der Waals surface area contributed by atoms with Crippen LogP contribution in [0.1, 0.15) is 15.9 Å². The van der Waals surface area contributed by atoms with Gasteiger partial charge in [0.25, 0.3) is 0 Å². The van der Waals surface area contributed by atoms with E-state index < -0.39 is 5.97 Å². The molecule has 0 spiro atoms. The number of rotatable bonds is 5. The normalized spacial score (nSPS) is 10.2. The summed E-state index contributed by atoms with van der Waals surface area (Å²) in [6.45, 7) is 0. The van der Waals surface area contributed by atoms with Crippen molar-refractivity contribution in [2.75, 3.05) is 7.11 Å². The van der Waals surface area contributed by atoms with Gasteiger partial charge in [-0.25, -0.2) is 4.79 Å². The van der Waals surface area contributed by atoms with Crippen molar-refractivity contribution in [3.8, 4) is 5.75 Å². The molecule has 0 aliphatic rings. The minimum atomic E-state index is -0.981. The lowest BCUT2D eigenvalue weighted by molar-refractivity contribution is 0.0693. The van der Waals surface area contributed by atoms with Crippen molar-refractivity contribution in [2.45, 2.75) is 10.6 Å². The third-order valence-electron chi connectivity index (χ3n) is 2.55. The minimum Gasteiger partial charge on any atom is -0.496 e. The molecule has 5 heteroatoms. The zero-order valence-electron chi connectivity index (χ0n) is 10.4. The van der Waals surface area contributed by atoms with Gasteiger partial charge in [-0.3, -0.25) is 4.98 Å². The summed E-state index contributed by atoms with van der Waals surface area (Å²) in [7, 11) is 1.47. The Morgan fingerprint density at radius 1 is 1.32 bits per heavy atom. The van der Waals surface area contributed by atoms with Crippen molar-refractivity contribution in [1.82, 2.24) is 4.98 Å². The molecule has 1 aromatic carbocycles. The molecular formula is C14H13NO3S. The predicted octanol–water partition coefficient (Wildman–Crippen LogP) is 3.08. The van der Waals surface area contributed by atoms with Crippen LogP contribution in [0.15, 0.2) is 47.6 Å². The second-order valence-electron chi connectivity index (χ2n) is 3.81. The van der Waals surface area contributed by atoms with Gasteiger partial charge in [0.05, 0.1) is 7.11 Å². The maximum absolute atomic E-state index is 11.0. The number of nitrogens with zero attached hydrogens (tertiary/aromatic N) is 1. The third-order valence-corrected chi connectivity index (χ3v) is 3.63. The van der Waals surface area contributed by atoms with Gasteiger partial charge in [0, 0.05) is 23.0 Å². The number of carboxylic acid groups (broad SMARTS) is 1. The molecule has 0 saturated heterocycles. The molecule has 0 saturated carbocycles. The van der Waals surface area contributed by atoms with Gasteiger partial charge in [-0.1, -0.05) is 6.07 Å². The molecule has 0 fully saturated rings. The average molecular weight is 275 g/mol. The standard InChI is InChI=1S/C14H13NO3S/c1-18-13-8-10(2-3-12(13)14(16)17)9-19-11-4-6-15-7-5-11/h2-8H,9H2,1H3,(H,16,17). The Hall–Kier alpha value is -2.01. The quantitative estimate of drug-likeness (QED) is 0.850. The highest BCUT2D eigenvalue weighted by atomic mass is 32.2. The molecule has 0 aliphatic heterocycles. The fraction of sp³-hybridized carbons (Fsp3) is 0.143. The van der Waals surface area contributed by atoms with Crippen LogP contribution in [0.25, 0.3) is 0 Å². The smallest absolute Gasteiger partial charge is 0.339 e. The van der Waals surface area contributed by atoms with E-state index in [0.29, 0.717) is 5.75 Å². The number of carboxylic acids is 1. The van der Waals surface area contributed by atoms with Crippen LogP contribution in [0, 0.1) is 0 Å². The van der Waals surface area contributed by atoms with Crippen LogP contribution in [0.3, 0.4) is 0 Å². The first-order valence-electron chi connectivity index (χ1n) is 5.63. The lowest BCUT2D eigenvalue weighted by atomic mass is 10.1. The Kier molecular flexibility index (Phi) is 4.41. The maximum Gasteiger partial charge on any atom is 0.339 e. The predicted molar refractivity (Wildman–Crippen MR) is 73.8 cm³/mol. The van der Waals surface area contributed by atoms with E-state index in [1.165, 1.54) is 7.11 Å². The molecule has 0 radical (unpaired) electrons. The summed E-state index contributed by atoms with van der Waals surface area (Å²) in [5, 5.41) is 9.00. The number of methoxy groups -OCH3 is 1. The Morgan fingerprint density at radius 3 is 2.68 bits per heavy atom. The van der Waals surface area contributed by atoms with E-state index in [0.717, 1.165) is 16.2 Å². The number of aromatic carboxylic acids is 1.